The van der Waals surface area contributed by atoms with E-state index in [1.807, 2.05) is 12.1 Å². The van der Waals surface area contributed by atoms with Gasteiger partial charge in [-0.1, -0.05) is 14.9 Å². The Morgan fingerprint density at radius 1 is 0.705 bits per heavy atom. The number of nitrogens with one attached hydrogen (secondary N) is 2. The van der Waals surface area contributed by atoms with Crippen molar-refractivity contribution < 1.29 is 53.6 Å². The number of carbonyl (C=O) groups is 6. The molecule has 0 fully saturated rings. The first-order valence-corrected chi connectivity index (χ1v) is 12.5. The normalized spacial score (nSPS) is 11.8. The summed E-state index contributed by atoms with van der Waals surface area (Å²) in [6, 6.07) is 0.473. The highest BCUT2D eigenvalue weighted by molar-refractivity contribution is 5.81. The fourth-order valence-electron chi connectivity index (χ4n) is 2.25. The van der Waals surface area contributed by atoms with Crippen LogP contribution >= 0.6 is 0 Å². The Balaban J connectivity index is -0.000000176. The zero-order valence-corrected chi connectivity index (χ0v) is 24.6. The van der Waals surface area contributed by atoms with Crippen LogP contribution in [0.4, 0.5) is 9.59 Å². The van der Waals surface area contributed by atoms with Crippen molar-refractivity contribution >= 4 is 36.0 Å². The van der Waals surface area contributed by atoms with E-state index in [1.165, 1.54) is 0 Å². The molecule has 0 rings (SSSR count). The summed E-state index contributed by atoms with van der Waals surface area (Å²) in [4.78, 5) is 64.6. The number of ether oxygens (including phenoxy) is 2. The Hall–Kier alpha value is -4.64. The van der Waals surface area contributed by atoms with Gasteiger partial charge in [0.15, 0.2) is 0 Å². The van der Waals surface area contributed by atoms with Gasteiger partial charge in [0.2, 0.25) is 5.91 Å². The van der Waals surface area contributed by atoms with Gasteiger partial charge >= 0.3 is 30.1 Å². The first-order valence-electron chi connectivity index (χ1n) is 12.5. The predicted octanol–water partition coefficient (Wildman–Crippen LogP) is 2.47. The Morgan fingerprint density at radius 3 is 1.32 bits per heavy atom. The summed E-state index contributed by atoms with van der Waals surface area (Å²) in [6.45, 7) is 10.0. The van der Waals surface area contributed by atoms with Crippen molar-refractivity contribution in [2.24, 2.45) is 11.5 Å². The van der Waals surface area contributed by atoms with Crippen LogP contribution in [-0.2, 0) is 28.7 Å². The Morgan fingerprint density at radius 2 is 1.05 bits per heavy atom. The number of hydrogen-bond donors (Lipinski definition) is 7. The van der Waals surface area contributed by atoms with Crippen molar-refractivity contribution in [3.63, 3.8) is 0 Å². The minimum Gasteiger partial charge on any atom is -0.480 e. The summed E-state index contributed by atoms with van der Waals surface area (Å²) in [5.74, 6) is -4.09. The molecule has 0 bridgehead atoms. The lowest BCUT2D eigenvalue weighted by atomic mass is 10.1. The molecule has 0 radical (unpaired) electrons. The molecule has 3 amide bonds. The lowest BCUT2D eigenvalue weighted by Gasteiger charge is -2.21. The number of carboxylic acids is 3. The summed E-state index contributed by atoms with van der Waals surface area (Å²) in [5.41, 5.74) is 8.56. The van der Waals surface area contributed by atoms with Gasteiger partial charge in [0, 0.05) is 19.3 Å². The molecule has 0 aromatic carbocycles. The smallest absolute Gasteiger partial charge is 0.408 e. The van der Waals surface area contributed by atoms with Crippen molar-refractivity contribution in [3.8, 4) is 12.1 Å². The van der Waals surface area contributed by atoms with Gasteiger partial charge in [0.1, 0.15) is 29.3 Å². The predicted molar refractivity (Wildman–Crippen MR) is 159 cm³/mol. The fourth-order valence-corrected chi connectivity index (χ4v) is 2.25. The van der Waals surface area contributed by atoms with Gasteiger partial charge in [-0.15, -0.1) is 0 Å². The van der Waals surface area contributed by atoms with Gasteiger partial charge in [0.05, 0.1) is 12.1 Å². The number of hydrogen-bond acceptors (Lipinski definition) is 11. The van der Waals surface area contributed by atoms with Crippen molar-refractivity contribution in [3.05, 3.63) is 0 Å². The number of alkyl carbamates (subject to hydrolysis) is 2. The van der Waals surface area contributed by atoms with Crippen LogP contribution in [0.1, 0.15) is 94.9 Å². The van der Waals surface area contributed by atoms with Gasteiger partial charge in [-0.2, -0.15) is 10.5 Å². The van der Waals surface area contributed by atoms with Gasteiger partial charge in [-0.05, 0) is 60.8 Å². The van der Waals surface area contributed by atoms with Crippen LogP contribution in [-0.4, -0.2) is 80.6 Å². The number of amides is 3. The summed E-state index contributed by atoms with van der Waals surface area (Å²) in [6.07, 6.45) is -1.26. The van der Waals surface area contributed by atoms with Crippen LogP contribution in [0.15, 0.2) is 0 Å². The third kappa shape index (κ3) is 33.6. The lowest BCUT2D eigenvalue weighted by Crippen LogP contribution is -2.43. The SMILES string of the molecule is C.C.CC(C)(C)OC(=O)N[C@@H](CCC#N)C(=O)O.CC(C)(C)OC(=O)N[C@@H](CCC(N)=O)C(=O)O.N#CCC[C@H](N)C(=O)O. The molecule has 0 saturated carbocycles. The lowest BCUT2D eigenvalue weighted by molar-refractivity contribution is -0.140. The van der Waals surface area contributed by atoms with E-state index in [0.717, 1.165) is 0 Å². The van der Waals surface area contributed by atoms with E-state index in [4.69, 9.17) is 46.8 Å². The molecule has 0 aromatic rings. The van der Waals surface area contributed by atoms with E-state index in [0.29, 0.717) is 0 Å². The van der Waals surface area contributed by atoms with Crippen molar-refractivity contribution in [2.45, 2.75) is 124 Å². The van der Waals surface area contributed by atoms with E-state index in [2.05, 4.69) is 10.6 Å². The standard InChI is InChI=1S/C10H18N2O5.C10H16N2O4.C5H8N2O2.2CH4/c1-10(2,3)17-9(16)12-6(8(14)15)4-5-7(11)13;1-10(2,3)16-9(15)12-7(8(13)14)5-4-6-11;6-3-1-2-4(7)5(8)9;;/h6H,4-5H2,1-3H3,(H2,11,13)(H,12,16)(H,14,15);7H,4-5H2,1-3H3,(H,12,15)(H,13,14);4H,1-2,7H2,(H,8,9);2*1H4/t6-;7-;4-;;/m000../s1. The Labute approximate surface area is 258 Å². The van der Waals surface area contributed by atoms with Crippen molar-refractivity contribution in [1.82, 2.24) is 10.6 Å². The van der Waals surface area contributed by atoms with Crippen LogP contribution in [0.5, 0.6) is 0 Å². The number of carbonyl (C=O) groups excluding carboxylic acids is 3. The molecule has 254 valence electrons. The second kappa shape index (κ2) is 24.9. The molecule has 9 N–H and O–H groups in total. The molecule has 44 heavy (non-hydrogen) atoms. The third-order valence-electron chi connectivity index (χ3n) is 4.09. The van der Waals surface area contributed by atoms with Gasteiger partial charge in [-0.3, -0.25) is 9.59 Å². The quantitative estimate of drug-likeness (QED) is 0.162. The average molecular weight is 635 g/mol. The summed E-state index contributed by atoms with van der Waals surface area (Å²) >= 11 is 0. The second-order valence-electron chi connectivity index (χ2n) is 10.4. The minimum atomic E-state index is -1.24. The van der Waals surface area contributed by atoms with E-state index in [9.17, 15) is 28.8 Å². The molecule has 0 aliphatic carbocycles. The molecule has 0 spiro atoms. The van der Waals surface area contributed by atoms with Crippen molar-refractivity contribution in [2.75, 3.05) is 0 Å². The Bertz CT molecular complexity index is 992. The first-order chi connectivity index (χ1) is 19.1. The average Bonchev–Trinajstić information content (AvgIpc) is 2.80. The maximum atomic E-state index is 11.3. The summed E-state index contributed by atoms with van der Waals surface area (Å²) in [7, 11) is 0. The molecule has 0 aromatic heterocycles. The molecular weight excluding hydrogens is 584 g/mol. The third-order valence-corrected chi connectivity index (χ3v) is 4.09. The molecule has 0 unspecified atom stereocenters. The van der Waals surface area contributed by atoms with E-state index < -0.39 is 65.3 Å². The minimum absolute atomic E-state index is 0. The van der Waals surface area contributed by atoms with Crippen molar-refractivity contribution in [1.29, 1.82) is 10.5 Å². The van der Waals surface area contributed by atoms with Gasteiger partial charge in [-0.25, -0.2) is 19.2 Å². The van der Waals surface area contributed by atoms with Crippen LogP contribution in [0.25, 0.3) is 0 Å². The largest absolute Gasteiger partial charge is 0.480 e. The van der Waals surface area contributed by atoms with E-state index in [1.54, 1.807) is 41.5 Å². The number of carboxylic acid groups (broad SMARTS) is 3. The number of rotatable bonds is 12. The maximum Gasteiger partial charge on any atom is 0.408 e. The summed E-state index contributed by atoms with van der Waals surface area (Å²) < 4.78 is 9.80. The molecular formula is C27H50N6O11. The number of aliphatic carboxylic acids is 3. The second-order valence-corrected chi connectivity index (χ2v) is 10.4. The summed E-state index contributed by atoms with van der Waals surface area (Å²) in [5, 5.41) is 46.4. The van der Waals surface area contributed by atoms with E-state index in [-0.39, 0.29) is 53.4 Å². The zero-order valence-electron chi connectivity index (χ0n) is 24.6. The topological polar surface area (TPSA) is 305 Å². The monoisotopic (exact) mass is 634 g/mol. The highest BCUT2D eigenvalue weighted by atomic mass is 16.6. The molecule has 0 heterocycles. The maximum absolute atomic E-state index is 11.3. The molecule has 17 nitrogen and oxygen atoms in total. The van der Waals surface area contributed by atoms with Crippen LogP contribution in [0.3, 0.4) is 0 Å². The fraction of sp³-hybridized carbons (Fsp3) is 0.704. The molecule has 0 saturated heterocycles. The molecule has 17 heteroatoms. The number of nitriles is 2. The zero-order chi connectivity index (χ0) is 33.7. The van der Waals surface area contributed by atoms with Crippen LogP contribution in [0, 0.1) is 22.7 Å². The molecule has 3 atom stereocenters. The van der Waals surface area contributed by atoms with Crippen LogP contribution < -0.4 is 22.1 Å². The highest BCUT2D eigenvalue weighted by Crippen LogP contribution is 2.08. The van der Waals surface area contributed by atoms with E-state index >= 15 is 0 Å². The van der Waals surface area contributed by atoms with Gasteiger partial charge < -0.3 is 46.9 Å². The molecule has 0 aliphatic rings. The first kappa shape index (κ1) is 49.1. The van der Waals surface area contributed by atoms with Crippen LogP contribution in [0.2, 0.25) is 0 Å². The Kier molecular flexibility index (Phi) is 27.8. The van der Waals surface area contributed by atoms with Gasteiger partial charge in [0.25, 0.3) is 0 Å². The molecule has 0 aliphatic heterocycles. The highest BCUT2D eigenvalue weighted by Gasteiger charge is 2.25. The number of nitrogens with two attached hydrogens (primary N) is 2. The number of primary amides is 1. The number of nitrogens with zero attached hydrogens (tertiary/aromatic N) is 2.